The number of carbonyl (C=O) groups excluding carboxylic acids is 1. The fourth-order valence-electron chi connectivity index (χ4n) is 1.67. The normalized spacial score (nSPS) is 10.3. The lowest BCUT2D eigenvalue weighted by Gasteiger charge is -2.06. The van der Waals surface area contributed by atoms with Crippen LogP contribution in [0.4, 0.5) is 5.69 Å². The third-order valence-electron chi connectivity index (χ3n) is 2.66. The zero-order valence-electron chi connectivity index (χ0n) is 11.1. The van der Waals surface area contributed by atoms with Gasteiger partial charge in [0.25, 0.3) is 5.91 Å². The fourth-order valence-corrected chi connectivity index (χ4v) is 2.11. The number of thioether (sulfide) groups is 1. The Morgan fingerprint density at radius 3 is 2.71 bits per heavy atom. The maximum Gasteiger partial charge on any atom is 0.335 e. The van der Waals surface area contributed by atoms with Crippen molar-refractivity contribution in [2.24, 2.45) is 0 Å². The lowest BCUT2D eigenvalue weighted by Crippen LogP contribution is -2.11. The average molecular weight is 307 g/mol. The van der Waals surface area contributed by atoms with Crippen LogP contribution in [-0.2, 0) is 5.75 Å². The van der Waals surface area contributed by atoms with Crippen molar-refractivity contribution in [3.05, 3.63) is 47.4 Å². The molecule has 2 aromatic rings. The summed E-state index contributed by atoms with van der Waals surface area (Å²) < 4.78 is 5.34. The molecule has 1 heterocycles. The number of phenols is 1. The molecular weight excluding hydrogens is 294 g/mol. The van der Waals surface area contributed by atoms with E-state index in [9.17, 15) is 14.7 Å². The Balaban J connectivity index is 2.18. The van der Waals surface area contributed by atoms with Crippen molar-refractivity contribution in [1.82, 2.24) is 0 Å². The number of benzene rings is 1. The Bertz CT molecular complexity index is 680. The summed E-state index contributed by atoms with van der Waals surface area (Å²) in [5, 5.41) is 21.0. The van der Waals surface area contributed by atoms with Crippen molar-refractivity contribution in [2.45, 2.75) is 5.75 Å². The number of aromatic carboxylic acids is 1. The minimum absolute atomic E-state index is 0.0164. The number of furan rings is 1. The molecule has 21 heavy (non-hydrogen) atoms. The highest BCUT2D eigenvalue weighted by Crippen LogP contribution is 2.25. The second-order valence-electron chi connectivity index (χ2n) is 4.19. The Morgan fingerprint density at radius 2 is 2.05 bits per heavy atom. The molecule has 0 bridgehead atoms. The van der Waals surface area contributed by atoms with Crippen LogP contribution in [0, 0.1) is 0 Å². The van der Waals surface area contributed by atoms with E-state index in [2.05, 4.69) is 5.32 Å². The summed E-state index contributed by atoms with van der Waals surface area (Å²) >= 11 is 1.56. The number of rotatable bonds is 5. The highest BCUT2D eigenvalue weighted by atomic mass is 32.2. The number of hydrogen-bond acceptors (Lipinski definition) is 5. The van der Waals surface area contributed by atoms with Gasteiger partial charge in [0.1, 0.15) is 11.5 Å². The van der Waals surface area contributed by atoms with Crippen molar-refractivity contribution in [3.63, 3.8) is 0 Å². The molecule has 0 unspecified atom stereocenters. The quantitative estimate of drug-likeness (QED) is 0.734. The number of carboxylic acid groups (broad SMARTS) is 1. The number of carboxylic acids is 1. The van der Waals surface area contributed by atoms with Crippen molar-refractivity contribution in [1.29, 1.82) is 0 Å². The first kappa shape index (κ1) is 15.0. The largest absolute Gasteiger partial charge is 0.506 e. The van der Waals surface area contributed by atoms with Crippen molar-refractivity contribution in [2.75, 3.05) is 11.6 Å². The summed E-state index contributed by atoms with van der Waals surface area (Å²) in [5.74, 6) is -0.516. The number of anilines is 1. The highest BCUT2D eigenvalue weighted by molar-refractivity contribution is 7.97. The minimum Gasteiger partial charge on any atom is -0.506 e. The summed E-state index contributed by atoms with van der Waals surface area (Å²) in [6.45, 7) is 0. The van der Waals surface area contributed by atoms with E-state index in [0.717, 1.165) is 0 Å². The molecule has 0 atom stereocenters. The molecule has 0 aliphatic heterocycles. The van der Waals surface area contributed by atoms with E-state index < -0.39 is 11.9 Å². The SMILES string of the molecule is CSCc1ccc(C(=O)Nc2cc(C(=O)O)ccc2O)o1. The molecule has 0 saturated carbocycles. The van der Waals surface area contributed by atoms with E-state index >= 15 is 0 Å². The average Bonchev–Trinajstić information content (AvgIpc) is 2.90. The molecule has 0 aliphatic carbocycles. The van der Waals surface area contributed by atoms with Crippen LogP contribution in [-0.4, -0.2) is 28.3 Å². The summed E-state index contributed by atoms with van der Waals surface area (Å²) in [6.07, 6.45) is 1.91. The van der Waals surface area contributed by atoms with Gasteiger partial charge in [-0.05, 0) is 36.6 Å². The maximum atomic E-state index is 12.0. The van der Waals surface area contributed by atoms with E-state index in [1.165, 1.54) is 24.3 Å². The van der Waals surface area contributed by atoms with Crippen LogP contribution in [0.2, 0.25) is 0 Å². The topological polar surface area (TPSA) is 99.8 Å². The lowest BCUT2D eigenvalue weighted by molar-refractivity contribution is 0.0696. The summed E-state index contributed by atoms with van der Waals surface area (Å²) in [6, 6.07) is 6.86. The third kappa shape index (κ3) is 3.57. The molecule has 110 valence electrons. The maximum absolute atomic E-state index is 12.0. The van der Waals surface area contributed by atoms with Crippen molar-refractivity contribution in [3.8, 4) is 5.75 Å². The molecule has 0 spiro atoms. The summed E-state index contributed by atoms with van der Waals surface area (Å²) in [4.78, 5) is 22.9. The molecule has 0 fully saturated rings. The van der Waals surface area contributed by atoms with E-state index in [1.54, 1.807) is 17.8 Å². The Hall–Kier alpha value is -2.41. The molecule has 1 aromatic heterocycles. The molecule has 7 heteroatoms. The van der Waals surface area contributed by atoms with Gasteiger partial charge in [0.05, 0.1) is 17.0 Å². The fraction of sp³-hybridized carbons (Fsp3) is 0.143. The van der Waals surface area contributed by atoms with Gasteiger partial charge in [-0.2, -0.15) is 11.8 Å². The van der Waals surface area contributed by atoms with Crippen LogP contribution in [0.5, 0.6) is 5.75 Å². The van der Waals surface area contributed by atoms with Gasteiger partial charge < -0.3 is 19.9 Å². The molecular formula is C14H13NO5S. The van der Waals surface area contributed by atoms with Gasteiger partial charge in [-0.25, -0.2) is 4.79 Å². The molecule has 0 aliphatic rings. The van der Waals surface area contributed by atoms with Gasteiger partial charge in [0.15, 0.2) is 5.76 Å². The zero-order valence-corrected chi connectivity index (χ0v) is 11.9. The van der Waals surface area contributed by atoms with Crippen molar-refractivity contribution >= 4 is 29.3 Å². The zero-order chi connectivity index (χ0) is 15.4. The number of hydrogen-bond donors (Lipinski definition) is 3. The van der Waals surface area contributed by atoms with Crippen LogP contribution in [0.1, 0.15) is 26.7 Å². The molecule has 1 amide bonds. The van der Waals surface area contributed by atoms with E-state index in [1.807, 2.05) is 6.26 Å². The number of carbonyl (C=O) groups is 2. The molecule has 3 N–H and O–H groups in total. The van der Waals surface area contributed by atoms with Crippen LogP contribution in [0.15, 0.2) is 34.7 Å². The first-order valence-electron chi connectivity index (χ1n) is 5.96. The van der Waals surface area contributed by atoms with Crippen LogP contribution in [0.3, 0.4) is 0 Å². The van der Waals surface area contributed by atoms with Gasteiger partial charge in [-0.3, -0.25) is 4.79 Å². The predicted octanol–water partition coefficient (Wildman–Crippen LogP) is 2.80. The van der Waals surface area contributed by atoms with Crippen molar-refractivity contribution < 1.29 is 24.2 Å². The first-order chi connectivity index (χ1) is 10.0. The Kier molecular flexibility index (Phi) is 4.54. The Morgan fingerprint density at radius 1 is 1.29 bits per heavy atom. The lowest BCUT2D eigenvalue weighted by atomic mass is 10.2. The number of amides is 1. The molecule has 1 aromatic carbocycles. The molecule has 0 radical (unpaired) electrons. The summed E-state index contributed by atoms with van der Waals surface area (Å²) in [7, 11) is 0. The second kappa shape index (κ2) is 6.36. The van der Waals surface area contributed by atoms with Crippen LogP contribution >= 0.6 is 11.8 Å². The van der Waals surface area contributed by atoms with Gasteiger partial charge in [-0.1, -0.05) is 0 Å². The van der Waals surface area contributed by atoms with Gasteiger partial charge >= 0.3 is 5.97 Å². The number of nitrogens with one attached hydrogen (secondary N) is 1. The number of phenolic OH excluding ortho intramolecular Hbond substituents is 1. The van der Waals surface area contributed by atoms with Gasteiger partial charge in [0.2, 0.25) is 0 Å². The molecule has 0 saturated heterocycles. The predicted molar refractivity (Wildman–Crippen MR) is 78.9 cm³/mol. The standard InChI is InChI=1S/C14H13NO5S/c1-21-7-9-3-5-12(20-9)13(17)15-10-6-8(14(18)19)2-4-11(10)16/h2-6,16H,7H2,1H3,(H,15,17)(H,18,19). The van der Waals surface area contributed by atoms with E-state index in [-0.39, 0.29) is 22.8 Å². The van der Waals surface area contributed by atoms with Gasteiger partial charge in [-0.15, -0.1) is 0 Å². The van der Waals surface area contributed by atoms with E-state index in [0.29, 0.717) is 11.5 Å². The first-order valence-corrected chi connectivity index (χ1v) is 7.36. The highest BCUT2D eigenvalue weighted by Gasteiger charge is 2.15. The number of aromatic hydroxyl groups is 1. The van der Waals surface area contributed by atoms with Crippen LogP contribution < -0.4 is 5.32 Å². The third-order valence-corrected chi connectivity index (χ3v) is 3.24. The van der Waals surface area contributed by atoms with E-state index in [4.69, 9.17) is 9.52 Å². The Labute approximate surface area is 124 Å². The smallest absolute Gasteiger partial charge is 0.335 e. The minimum atomic E-state index is -1.15. The van der Waals surface area contributed by atoms with Gasteiger partial charge in [0, 0.05) is 0 Å². The second-order valence-corrected chi connectivity index (χ2v) is 5.06. The van der Waals surface area contributed by atoms with Crippen LogP contribution in [0.25, 0.3) is 0 Å². The summed E-state index contributed by atoms with van der Waals surface area (Å²) in [5.41, 5.74) is -0.0201. The molecule has 2 rings (SSSR count). The monoisotopic (exact) mass is 307 g/mol. The molecule has 6 nitrogen and oxygen atoms in total.